The lowest BCUT2D eigenvalue weighted by molar-refractivity contribution is -0.183. The molecule has 2 rings (SSSR count). The smallest absolute Gasteiger partial charge is 0.391 e. The summed E-state index contributed by atoms with van der Waals surface area (Å²) in [6, 6.07) is 5.48. The van der Waals surface area contributed by atoms with Crippen LogP contribution >= 0.6 is 0 Å². The molecule has 110 valence electrons. The number of aromatic hydroxyl groups is 1. The molecule has 2 atom stereocenters. The predicted octanol–water partition coefficient (Wildman–Crippen LogP) is 3.24. The zero-order valence-electron chi connectivity index (χ0n) is 10.8. The Bertz CT molecular complexity index is 488. The molecular weight excluding hydrogens is 271 g/mol. The van der Waals surface area contributed by atoms with Gasteiger partial charge in [-0.1, -0.05) is 18.6 Å². The number of hydrogen-bond donors (Lipinski definition) is 2. The van der Waals surface area contributed by atoms with Crippen molar-refractivity contribution in [2.45, 2.75) is 37.9 Å². The Balaban J connectivity index is 2.00. The van der Waals surface area contributed by atoms with E-state index in [2.05, 4.69) is 5.32 Å². The highest BCUT2D eigenvalue weighted by Gasteiger charge is 2.42. The lowest BCUT2D eigenvalue weighted by Crippen LogP contribution is -2.41. The average Bonchev–Trinajstić information content (AvgIpc) is 2.38. The van der Waals surface area contributed by atoms with Crippen molar-refractivity contribution in [3.8, 4) is 5.75 Å². The summed E-state index contributed by atoms with van der Waals surface area (Å²) in [7, 11) is 0. The van der Waals surface area contributed by atoms with Crippen molar-refractivity contribution in [1.29, 1.82) is 0 Å². The molecule has 1 fully saturated rings. The van der Waals surface area contributed by atoms with Crippen LogP contribution in [0.2, 0.25) is 0 Å². The summed E-state index contributed by atoms with van der Waals surface area (Å²) in [6.07, 6.45) is -3.21. The van der Waals surface area contributed by atoms with E-state index in [-0.39, 0.29) is 24.2 Å². The Morgan fingerprint density at radius 3 is 2.60 bits per heavy atom. The zero-order chi connectivity index (χ0) is 14.8. The summed E-state index contributed by atoms with van der Waals surface area (Å²) in [6.45, 7) is 0. The maximum atomic E-state index is 12.7. The summed E-state index contributed by atoms with van der Waals surface area (Å²) in [4.78, 5) is 11.9. The van der Waals surface area contributed by atoms with Crippen LogP contribution in [0.1, 0.15) is 36.0 Å². The average molecular weight is 287 g/mol. The van der Waals surface area contributed by atoms with Crippen LogP contribution in [-0.2, 0) is 0 Å². The number of rotatable bonds is 2. The number of carbonyl (C=O) groups is 1. The number of phenolic OH excluding ortho intramolecular Hbond substituents is 1. The predicted molar refractivity (Wildman–Crippen MR) is 67.4 cm³/mol. The van der Waals surface area contributed by atoms with E-state index in [1.54, 1.807) is 12.1 Å². The van der Waals surface area contributed by atoms with Gasteiger partial charge in [-0.25, -0.2) is 0 Å². The third-order valence-electron chi connectivity index (χ3n) is 3.62. The first-order valence-corrected chi connectivity index (χ1v) is 6.53. The minimum Gasteiger partial charge on any atom is -0.507 e. The molecule has 20 heavy (non-hydrogen) atoms. The van der Waals surface area contributed by atoms with Crippen LogP contribution in [0.4, 0.5) is 13.2 Å². The normalized spacial score (nSPS) is 23.4. The van der Waals surface area contributed by atoms with E-state index in [0.717, 1.165) is 0 Å². The molecule has 0 aliphatic heterocycles. The largest absolute Gasteiger partial charge is 0.507 e. The maximum absolute atomic E-state index is 12.7. The fourth-order valence-corrected chi connectivity index (χ4v) is 2.55. The van der Waals surface area contributed by atoms with Crippen molar-refractivity contribution >= 4 is 5.91 Å². The van der Waals surface area contributed by atoms with Gasteiger partial charge in [0, 0.05) is 6.04 Å². The van der Waals surface area contributed by atoms with E-state index >= 15 is 0 Å². The number of carbonyl (C=O) groups excluding carboxylic acids is 1. The summed E-state index contributed by atoms with van der Waals surface area (Å²) >= 11 is 0. The zero-order valence-corrected chi connectivity index (χ0v) is 10.8. The molecule has 0 bridgehead atoms. The first-order chi connectivity index (χ1) is 9.38. The van der Waals surface area contributed by atoms with Gasteiger partial charge in [-0.05, 0) is 31.4 Å². The summed E-state index contributed by atoms with van der Waals surface area (Å²) in [5.74, 6) is -2.06. The van der Waals surface area contributed by atoms with Crippen LogP contribution in [0.15, 0.2) is 24.3 Å². The topological polar surface area (TPSA) is 49.3 Å². The molecule has 0 spiro atoms. The fraction of sp³-hybridized carbons (Fsp3) is 0.500. The fourth-order valence-electron chi connectivity index (χ4n) is 2.55. The highest BCUT2D eigenvalue weighted by Crippen LogP contribution is 2.37. The molecule has 0 heterocycles. The number of halogens is 3. The van der Waals surface area contributed by atoms with Crippen molar-refractivity contribution in [2.75, 3.05) is 0 Å². The Labute approximate surface area is 114 Å². The second kappa shape index (κ2) is 5.73. The van der Waals surface area contributed by atoms with Gasteiger partial charge in [-0.3, -0.25) is 4.79 Å². The quantitative estimate of drug-likeness (QED) is 0.877. The third-order valence-corrected chi connectivity index (χ3v) is 3.62. The number of nitrogens with one attached hydrogen (secondary N) is 1. The highest BCUT2D eigenvalue weighted by atomic mass is 19.4. The molecule has 1 aromatic carbocycles. The van der Waals surface area contributed by atoms with Crippen LogP contribution in [0.3, 0.4) is 0 Å². The van der Waals surface area contributed by atoms with Gasteiger partial charge in [0.05, 0.1) is 11.5 Å². The number of alkyl halides is 3. The molecule has 0 radical (unpaired) electrons. The van der Waals surface area contributed by atoms with Gasteiger partial charge in [0.25, 0.3) is 5.91 Å². The highest BCUT2D eigenvalue weighted by molar-refractivity contribution is 5.96. The lowest BCUT2D eigenvalue weighted by atomic mass is 9.85. The van der Waals surface area contributed by atoms with E-state index in [1.165, 1.54) is 12.1 Å². The van der Waals surface area contributed by atoms with Gasteiger partial charge < -0.3 is 10.4 Å². The molecule has 1 amide bonds. The molecule has 1 aliphatic carbocycles. The van der Waals surface area contributed by atoms with E-state index in [9.17, 15) is 23.1 Å². The molecular formula is C14H16F3NO2. The molecule has 0 aromatic heterocycles. The van der Waals surface area contributed by atoms with Crippen LogP contribution in [0.5, 0.6) is 5.75 Å². The maximum Gasteiger partial charge on any atom is 0.391 e. The van der Waals surface area contributed by atoms with Crippen molar-refractivity contribution in [2.24, 2.45) is 5.92 Å². The summed E-state index contributed by atoms with van der Waals surface area (Å²) in [5, 5.41) is 12.1. The molecule has 6 heteroatoms. The Hall–Kier alpha value is -1.72. The van der Waals surface area contributed by atoms with Crippen molar-refractivity contribution < 1.29 is 23.1 Å². The Kier molecular flexibility index (Phi) is 4.20. The standard InChI is InChI=1S/C14H16F3NO2/c15-14(16,17)9-4-3-5-10(8-9)18-13(20)11-6-1-2-7-12(11)19/h1-2,6-7,9-10,19H,3-5,8H2,(H,18,20)/t9-,10-/m1/s1. The van der Waals surface area contributed by atoms with E-state index in [4.69, 9.17) is 0 Å². The third kappa shape index (κ3) is 3.43. The first-order valence-electron chi connectivity index (χ1n) is 6.53. The molecule has 2 N–H and O–H groups in total. The van der Waals surface area contributed by atoms with Crippen LogP contribution in [0, 0.1) is 5.92 Å². The minimum absolute atomic E-state index is 0.0848. The number of hydrogen-bond acceptors (Lipinski definition) is 2. The second-order valence-corrected chi connectivity index (χ2v) is 5.09. The van der Waals surface area contributed by atoms with Gasteiger partial charge >= 0.3 is 6.18 Å². The number of amides is 1. The van der Waals surface area contributed by atoms with E-state index in [1.807, 2.05) is 0 Å². The SMILES string of the molecule is O=C(N[C@@H]1CCC[C@@H](C(F)(F)F)C1)c1ccccc1O. The molecule has 1 saturated carbocycles. The first kappa shape index (κ1) is 14.7. The molecule has 3 nitrogen and oxygen atoms in total. The van der Waals surface area contributed by atoms with E-state index in [0.29, 0.717) is 12.8 Å². The van der Waals surface area contributed by atoms with Gasteiger partial charge in [-0.2, -0.15) is 13.2 Å². The number of benzene rings is 1. The molecule has 1 aliphatic rings. The Morgan fingerprint density at radius 2 is 1.95 bits per heavy atom. The monoisotopic (exact) mass is 287 g/mol. The van der Waals surface area contributed by atoms with Gasteiger partial charge in [0.1, 0.15) is 5.75 Å². The number of phenols is 1. The van der Waals surface area contributed by atoms with Crippen LogP contribution < -0.4 is 5.32 Å². The number of para-hydroxylation sites is 1. The molecule has 0 unspecified atom stereocenters. The summed E-state index contributed by atoms with van der Waals surface area (Å²) < 4.78 is 38.1. The van der Waals surface area contributed by atoms with Crippen molar-refractivity contribution in [1.82, 2.24) is 5.32 Å². The van der Waals surface area contributed by atoms with Gasteiger partial charge in [0.15, 0.2) is 0 Å². The molecule has 0 saturated heterocycles. The molecule has 1 aromatic rings. The minimum atomic E-state index is -4.21. The van der Waals surface area contributed by atoms with Gasteiger partial charge in [-0.15, -0.1) is 0 Å². The van der Waals surface area contributed by atoms with Crippen LogP contribution in [-0.4, -0.2) is 23.2 Å². The summed E-state index contributed by atoms with van der Waals surface area (Å²) in [5.41, 5.74) is 0.0848. The van der Waals surface area contributed by atoms with E-state index < -0.39 is 24.0 Å². The lowest BCUT2D eigenvalue weighted by Gasteiger charge is -2.31. The van der Waals surface area contributed by atoms with Crippen molar-refractivity contribution in [3.05, 3.63) is 29.8 Å². The second-order valence-electron chi connectivity index (χ2n) is 5.09. The Morgan fingerprint density at radius 1 is 1.25 bits per heavy atom. The van der Waals surface area contributed by atoms with Gasteiger partial charge in [0.2, 0.25) is 0 Å². The van der Waals surface area contributed by atoms with Crippen molar-refractivity contribution in [3.63, 3.8) is 0 Å². The van der Waals surface area contributed by atoms with Crippen LogP contribution in [0.25, 0.3) is 0 Å².